The second-order valence-electron chi connectivity index (χ2n) is 4.76. The van der Waals surface area contributed by atoms with Crippen LogP contribution < -0.4 is 5.32 Å². The Morgan fingerprint density at radius 3 is 3.12 bits per heavy atom. The lowest BCUT2D eigenvalue weighted by molar-refractivity contribution is 0.192. The van der Waals surface area contributed by atoms with Crippen LogP contribution in [-0.4, -0.2) is 50.8 Å². The number of tetrazole rings is 1. The Labute approximate surface area is 102 Å². The van der Waals surface area contributed by atoms with Gasteiger partial charge in [0.1, 0.15) is 0 Å². The van der Waals surface area contributed by atoms with Gasteiger partial charge in [0.25, 0.3) is 0 Å². The number of aryl methyl sites for hydroxylation is 1. The maximum absolute atomic E-state index is 4.13. The number of nitrogens with one attached hydrogen (secondary N) is 1. The molecular weight excluding hydrogens is 216 g/mol. The molecule has 0 saturated carbocycles. The summed E-state index contributed by atoms with van der Waals surface area (Å²) in [6.45, 7) is 9.39. The van der Waals surface area contributed by atoms with Crippen molar-refractivity contribution in [2.45, 2.75) is 45.8 Å². The zero-order valence-corrected chi connectivity index (χ0v) is 10.8. The standard InChI is InChI=1S/C11H22N6/c1-3-4-6-17-11(13-14-15-17)9-16-7-5-12-10(2)8-16/h10,12H,3-9H2,1-2H3. The molecule has 2 rings (SSSR count). The van der Waals surface area contributed by atoms with E-state index < -0.39 is 0 Å². The van der Waals surface area contributed by atoms with Crippen molar-refractivity contribution in [2.75, 3.05) is 19.6 Å². The van der Waals surface area contributed by atoms with Crippen molar-refractivity contribution >= 4 is 0 Å². The fourth-order valence-electron chi connectivity index (χ4n) is 2.17. The summed E-state index contributed by atoms with van der Waals surface area (Å²) in [5, 5.41) is 15.4. The van der Waals surface area contributed by atoms with E-state index in [2.05, 4.69) is 39.6 Å². The van der Waals surface area contributed by atoms with Crippen molar-refractivity contribution in [3.05, 3.63) is 5.82 Å². The van der Waals surface area contributed by atoms with Gasteiger partial charge in [-0.25, -0.2) is 4.68 Å². The molecule has 1 atom stereocenters. The lowest BCUT2D eigenvalue weighted by Crippen LogP contribution is -2.48. The number of aromatic nitrogens is 4. The molecule has 0 spiro atoms. The van der Waals surface area contributed by atoms with Crippen molar-refractivity contribution in [1.29, 1.82) is 0 Å². The topological polar surface area (TPSA) is 58.9 Å². The smallest absolute Gasteiger partial charge is 0.165 e. The van der Waals surface area contributed by atoms with E-state index in [0.717, 1.165) is 45.0 Å². The molecule has 1 aliphatic heterocycles. The summed E-state index contributed by atoms with van der Waals surface area (Å²) in [6.07, 6.45) is 2.31. The first-order valence-electron chi connectivity index (χ1n) is 6.50. The molecule has 96 valence electrons. The van der Waals surface area contributed by atoms with Gasteiger partial charge in [0.05, 0.1) is 6.54 Å². The summed E-state index contributed by atoms with van der Waals surface area (Å²) >= 11 is 0. The first-order chi connectivity index (χ1) is 8.29. The van der Waals surface area contributed by atoms with E-state index in [0.29, 0.717) is 6.04 Å². The van der Waals surface area contributed by atoms with Gasteiger partial charge in [-0.2, -0.15) is 0 Å². The Bertz CT molecular complexity index is 336. The summed E-state index contributed by atoms with van der Waals surface area (Å²) in [7, 11) is 0. The number of nitrogens with zero attached hydrogens (tertiary/aromatic N) is 5. The van der Waals surface area contributed by atoms with Gasteiger partial charge in [-0.1, -0.05) is 13.3 Å². The van der Waals surface area contributed by atoms with E-state index in [-0.39, 0.29) is 0 Å². The molecule has 2 heterocycles. The van der Waals surface area contributed by atoms with E-state index in [1.807, 2.05) is 4.68 Å². The number of hydrogen-bond acceptors (Lipinski definition) is 5. The molecule has 0 aromatic carbocycles. The Hall–Kier alpha value is -1.01. The van der Waals surface area contributed by atoms with E-state index in [1.165, 1.54) is 6.42 Å². The SMILES string of the molecule is CCCCn1nnnc1CN1CCNC(C)C1. The van der Waals surface area contributed by atoms with Crippen molar-refractivity contribution in [2.24, 2.45) is 0 Å². The highest BCUT2D eigenvalue weighted by atomic mass is 15.5. The maximum atomic E-state index is 4.13. The van der Waals surface area contributed by atoms with Gasteiger partial charge in [-0.3, -0.25) is 4.90 Å². The van der Waals surface area contributed by atoms with Crippen molar-refractivity contribution < 1.29 is 0 Å². The first-order valence-corrected chi connectivity index (χ1v) is 6.50. The molecule has 1 aliphatic rings. The van der Waals surface area contributed by atoms with Crippen LogP contribution in [0.2, 0.25) is 0 Å². The zero-order valence-electron chi connectivity index (χ0n) is 10.8. The monoisotopic (exact) mass is 238 g/mol. The van der Waals surface area contributed by atoms with Crippen LogP contribution in [0.25, 0.3) is 0 Å². The van der Waals surface area contributed by atoms with Gasteiger partial charge in [-0.05, 0) is 23.8 Å². The van der Waals surface area contributed by atoms with Crippen molar-refractivity contribution in [1.82, 2.24) is 30.4 Å². The number of unbranched alkanes of at least 4 members (excludes halogenated alkanes) is 1. The van der Waals surface area contributed by atoms with Gasteiger partial charge >= 0.3 is 0 Å². The van der Waals surface area contributed by atoms with Gasteiger partial charge in [0.2, 0.25) is 0 Å². The predicted octanol–water partition coefficient (Wildman–Crippen LogP) is 0.267. The fraction of sp³-hybridized carbons (Fsp3) is 0.909. The van der Waals surface area contributed by atoms with Crippen LogP contribution in [0.15, 0.2) is 0 Å². The summed E-state index contributed by atoms with van der Waals surface area (Å²) in [4.78, 5) is 2.41. The summed E-state index contributed by atoms with van der Waals surface area (Å²) in [6, 6.07) is 0.559. The zero-order chi connectivity index (χ0) is 12.1. The third-order valence-electron chi connectivity index (χ3n) is 3.15. The van der Waals surface area contributed by atoms with E-state index in [9.17, 15) is 0 Å². The average molecular weight is 238 g/mol. The summed E-state index contributed by atoms with van der Waals surface area (Å²) in [5.74, 6) is 0.993. The molecule has 0 bridgehead atoms. The molecule has 6 heteroatoms. The molecule has 0 radical (unpaired) electrons. The Morgan fingerprint density at radius 1 is 1.47 bits per heavy atom. The Balaban J connectivity index is 1.91. The van der Waals surface area contributed by atoms with Crippen LogP contribution in [0.4, 0.5) is 0 Å². The van der Waals surface area contributed by atoms with Gasteiger partial charge in [0, 0.05) is 32.2 Å². The third kappa shape index (κ3) is 3.47. The van der Waals surface area contributed by atoms with E-state index in [4.69, 9.17) is 0 Å². The first kappa shape index (κ1) is 12.4. The minimum absolute atomic E-state index is 0.559. The molecule has 1 aromatic heterocycles. The number of rotatable bonds is 5. The molecule has 1 unspecified atom stereocenters. The van der Waals surface area contributed by atoms with Crippen LogP contribution in [0.5, 0.6) is 0 Å². The van der Waals surface area contributed by atoms with E-state index in [1.54, 1.807) is 0 Å². The summed E-state index contributed by atoms with van der Waals surface area (Å²) < 4.78 is 1.94. The van der Waals surface area contributed by atoms with Gasteiger partial charge in [-0.15, -0.1) is 5.10 Å². The quantitative estimate of drug-likeness (QED) is 0.798. The average Bonchev–Trinajstić information content (AvgIpc) is 2.74. The highest BCUT2D eigenvalue weighted by molar-refractivity contribution is 4.84. The molecule has 0 amide bonds. The second kappa shape index (κ2) is 6.07. The number of piperazine rings is 1. The Kier molecular flexibility index (Phi) is 4.44. The van der Waals surface area contributed by atoms with Crippen LogP contribution in [0, 0.1) is 0 Å². The largest absolute Gasteiger partial charge is 0.312 e. The van der Waals surface area contributed by atoms with Gasteiger partial charge < -0.3 is 5.32 Å². The second-order valence-corrected chi connectivity index (χ2v) is 4.76. The minimum Gasteiger partial charge on any atom is -0.312 e. The van der Waals surface area contributed by atoms with Crippen molar-refractivity contribution in [3.63, 3.8) is 0 Å². The van der Waals surface area contributed by atoms with E-state index >= 15 is 0 Å². The highest BCUT2D eigenvalue weighted by Crippen LogP contribution is 2.05. The lowest BCUT2D eigenvalue weighted by atomic mass is 10.2. The lowest BCUT2D eigenvalue weighted by Gasteiger charge is -2.31. The fourth-order valence-corrected chi connectivity index (χ4v) is 2.17. The highest BCUT2D eigenvalue weighted by Gasteiger charge is 2.18. The van der Waals surface area contributed by atoms with Gasteiger partial charge in [0.15, 0.2) is 5.82 Å². The van der Waals surface area contributed by atoms with Crippen molar-refractivity contribution in [3.8, 4) is 0 Å². The molecule has 0 aliphatic carbocycles. The third-order valence-corrected chi connectivity index (χ3v) is 3.15. The minimum atomic E-state index is 0.559. The number of hydrogen-bond donors (Lipinski definition) is 1. The van der Waals surface area contributed by atoms with Crippen LogP contribution >= 0.6 is 0 Å². The molecular formula is C11H22N6. The molecule has 1 N–H and O–H groups in total. The van der Waals surface area contributed by atoms with Crippen LogP contribution in [0.1, 0.15) is 32.5 Å². The van der Waals surface area contributed by atoms with Crippen LogP contribution in [-0.2, 0) is 13.1 Å². The molecule has 1 fully saturated rings. The predicted molar refractivity (Wildman–Crippen MR) is 65.5 cm³/mol. The molecule has 17 heavy (non-hydrogen) atoms. The molecule has 1 saturated heterocycles. The Morgan fingerprint density at radius 2 is 2.35 bits per heavy atom. The summed E-state index contributed by atoms with van der Waals surface area (Å²) in [5.41, 5.74) is 0. The molecule has 1 aromatic rings. The van der Waals surface area contributed by atoms with Crippen LogP contribution in [0.3, 0.4) is 0 Å². The maximum Gasteiger partial charge on any atom is 0.165 e. The normalized spacial score (nSPS) is 21.9. The molecule has 6 nitrogen and oxygen atoms in total.